The fourth-order valence-corrected chi connectivity index (χ4v) is 2.66. The summed E-state index contributed by atoms with van der Waals surface area (Å²) in [6.07, 6.45) is 2.14. The van der Waals surface area contributed by atoms with Crippen molar-refractivity contribution >= 4 is 28.8 Å². The lowest BCUT2D eigenvalue weighted by atomic mass is 10.3. The van der Waals surface area contributed by atoms with Crippen LogP contribution in [0.25, 0.3) is 0 Å². The van der Waals surface area contributed by atoms with E-state index in [1.807, 2.05) is 24.0 Å². The molecule has 1 aromatic heterocycles. The Balaban J connectivity index is 1.98. The molecule has 0 aromatic carbocycles. The van der Waals surface area contributed by atoms with Crippen molar-refractivity contribution in [3.05, 3.63) is 21.3 Å². The molecule has 82 valence electrons. The van der Waals surface area contributed by atoms with Gasteiger partial charge in [-0.3, -0.25) is 4.79 Å². The first-order chi connectivity index (χ1) is 7.20. The van der Waals surface area contributed by atoms with Crippen molar-refractivity contribution in [1.82, 2.24) is 4.90 Å². The summed E-state index contributed by atoms with van der Waals surface area (Å²) in [7, 11) is 0. The van der Waals surface area contributed by atoms with Crippen LogP contribution in [0.2, 0.25) is 4.34 Å². The van der Waals surface area contributed by atoms with E-state index in [1.165, 1.54) is 0 Å². The minimum atomic E-state index is 0.306. The molecule has 1 aromatic rings. The van der Waals surface area contributed by atoms with Crippen LogP contribution in [0.5, 0.6) is 0 Å². The third kappa shape index (κ3) is 2.73. The summed E-state index contributed by atoms with van der Waals surface area (Å²) in [5, 5.41) is 0. The summed E-state index contributed by atoms with van der Waals surface area (Å²) in [6, 6.07) is 3.88. The van der Waals surface area contributed by atoms with E-state index in [4.69, 9.17) is 11.6 Å². The first-order valence-corrected chi connectivity index (χ1v) is 6.43. The molecule has 1 saturated carbocycles. The largest absolute Gasteiger partial charge is 0.338 e. The molecule has 15 heavy (non-hydrogen) atoms. The van der Waals surface area contributed by atoms with Gasteiger partial charge in [0, 0.05) is 17.3 Å². The number of hydrogen-bond donors (Lipinski definition) is 0. The van der Waals surface area contributed by atoms with E-state index in [0.29, 0.717) is 18.4 Å². The van der Waals surface area contributed by atoms with Gasteiger partial charge in [-0.25, -0.2) is 0 Å². The van der Waals surface area contributed by atoms with Crippen molar-refractivity contribution in [1.29, 1.82) is 0 Å². The molecule has 1 aliphatic rings. The third-order valence-corrected chi connectivity index (χ3v) is 3.81. The molecular formula is C11H14ClNOS. The highest BCUT2D eigenvalue weighted by Gasteiger charge is 2.32. The summed E-state index contributed by atoms with van der Waals surface area (Å²) in [5.74, 6) is 0.613. The number of thiophene rings is 1. The van der Waals surface area contributed by atoms with E-state index in [9.17, 15) is 4.79 Å². The van der Waals surface area contributed by atoms with Gasteiger partial charge in [0.2, 0.25) is 5.91 Å². The van der Waals surface area contributed by atoms with Gasteiger partial charge in [0.25, 0.3) is 0 Å². The zero-order valence-corrected chi connectivity index (χ0v) is 10.3. The first-order valence-electron chi connectivity index (χ1n) is 5.23. The van der Waals surface area contributed by atoms with Gasteiger partial charge < -0.3 is 4.90 Å². The molecule has 0 unspecified atom stereocenters. The van der Waals surface area contributed by atoms with Crippen LogP contribution >= 0.6 is 22.9 Å². The Kier molecular flexibility index (Phi) is 3.32. The van der Waals surface area contributed by atoms with Gasteiger partial charge in [-0.1, -0.05) is 11.6 Å². The molecule has 0 spiro atoms. The van der Waals surface area contributed by atoms with Crippen molar-refractivity contribution in [2.24, 2.45) is 5.92 Å². The highest BCUT2D eigenvalue weighted by molar-refractivity contribution is 7.16. The van der Waals surface area contributed by atoms with Gasteiger partial charge in [0.15, 0.2) is 0 Å². The predicted molar refractivity (Wildman–Crippen MR) is 63.1 cm³/mol. The average molecular weight is 244 g/mol. The van der Waals surface area contributed by atoms with Crippen molar-refractivity contribution in [3.8, 4) is 0 Å². The summed E-state index contributed by atoms with van der Waals surface area (Å²) in [6.45, 7) is 3.52. The molecule has 1 amide bonds. The third-order valence-electron chi connectivity index (χ3n) is 2.60. The van der Waals surface area contributed by atoms with Crippen LogP contribution in [0, 0.1) is 5.92 Å². The van der Waals surface area contributed by atoms with Crippen LogP contribution in [0.1, 0.15) is 24.6 Å². The molecule has 4 heteroatoms. The van der Waals surface area contributed by atoms with Gasteiger partial charge in [-0.2, -0.15) is 0 Å². The number of amides is 1. The number of hydrogen-bond acceptors (Lipinski definition) is 2. The quantitative estimate of drug-likeness (QED) is 0.796. The maximum absolute atomic E-state index is 11.8. The minimum absolute atomic E-state index is 0.306. The molecule has 0 aliphatic heterocycles. The normalized spacial score (nSPS) is 15.3. The van der Waals surface area contributed by atoms with Crippen LogP contribution in [-0.4, -0.2) is 17.4 Å². The second-order valence-corrected chi connectivity index (χ2v) is 5.63. The summed E-state index contributed by atoms with van der Waals surface area (Å²) in [4.78, 5) is 14.9. The zero-order valence-electron chi connectivity index (χ0n) is 8.70. The topological polar surface area (TPSA) is 20.3 Å². The van der Waals surface area contributed by atoms with Crippen LogP contribution in [-0.2, 0) is 11.3 Å². The summed E-state index contributed by atoms with van der Waals surface area (Å²) < 4.78 is 0.792. The van der Waals surface area contributed by atoms with Crippen LogP contribution in [0.15, 0.2) is 12.1 Å². The van der Waals surface area contributed by atoms with Gasteiger partial charge in [0.1, 0.15) is 0 Å². The fourth-order valence-electron chi connectivity index (χ4n) is 1.56. The molecule has 2 rings (SSSR count). The van der Waals surface area contributed by atoms with Crippen molar-refractivity contribution in [2.45, 2.75) is 26.3 Å². The van der Waals surface area contributed by atoms with Crippen molar-refractivity contribution in [2.75, 3.05) is 6.54 Å². The van der Waals surface area contributed by atoms with Crippen LogP contribution in [0.3, 0.4) is 0 Å². The molecule has 1 fully saturated rings. The Labute approximate surface area is 98.8 Å². The van der Waals surface area contributed by atoms with Gasteiger partial charge >= 0.3 is 0 Å². The number of carbonyl (C=O) groups excluding carboxylic acids is 1. The monoisotopic (exact) mass is 243 g/mol. The number of rotatable bonds is 4. The maximum atomic E-state index is 11.8. The van der Waals surface area contributed by atoms with Gasteiger partial charge in [-0.15, -0.1) is 11.3 Å². The Hall–Kier alpha value is -0.540. The summed E-state index contributed by atoms with van der Waals surface area (Å²) in [5.41, 5.74) is 0. The van der Waals surface area contributed by atoms with E-state index < -0.39 is 0 Å². The second kappa shape index (κ2) is 4.54. The molecule has 1 heterocycles. The summed E-state index contributed by atoms with van der Waals surface area (Å²) >= 11 is 7.41. The zero-order chi connectivity index (χ0) is 10.8. The van der Waals surface area contributed by atoms with Crippen LogP contribution in [0.4, 0.5) is 0 Å². The van der Waals surface area contributed by atoms with E-state index in [1.54, 1.807) is 11.3 Å². The van der Waals surface area contributed by atoms with E-state index in [2.05, 4.69) is 0 Å². The fraction of sp³-hybridized carbons (Fsp3) is 0.545. The number of nitrogens with zero attached hydrogens (tertiary/aromatic N) is 1. The Morgan fingerprint density at radius 1 is 1.60 bits per heavy atom. The number of carbonyl (C=O) groups is 1. The van der Waals surface area contributed by atoms with E-state index >= 15 is 0 Å². The molecule has 2 nitrogen and oxygen atoms in total. The smallest absolute Gasteiger partial charge is 0.225 e. The van der Waals surface area contributed by atoms with E-state index in [-0.39, 0.29) is 0 Å². The molecule has 0 radical (unpaired) electrons. The highest BCUT2D eigenvalue weighted by atomic mass is 35.5. The lowest BCUT2D eigenvalue weighted by molar-refractivity contribution is -0.132. The lowest BCUT2D eigenvalue weighted by Gasteiger charge is -2.19. The van der Waals surface area contributed by atoms with Crippen LogP contribution < -0.4 is 0 Å². The average Bonchev–Trinajstić information content (AvgIpc) is 2.99. The predicted octanol–water partition coefficient (Wildman–Crippen LogP) is 3.16. The van der Waals surface area contributed by atoms with Gasteiger partial charge in [-0.05, 0) is 31.9 Å². The second-order valence-electron chi connectivity index (χ2n) is 3.83. The standard InChI is InChI=1S/C11H14ClNOS/c1-2-13(11(14)8-3-4-8)7-9-5-6-10(12)15-9/h5-6,8H,2-4,7H2,1H3. The Morgan fingerprint density at radius 2 is 2.33 bits per heavy atom. The number of halogens is 1. The molecule has 1 aliphatic carbocycles. The first kappa shape index (κ1) is 11.0. The Bertz CT molecular complexity index is 359. The van der Waals surface area contributed by atoms with Crippen molar-refractivity contribution < 1.29 is 4.79 Å². The molecule has 0 N–H and O–H groups in total. The van der Waals surface area contributed by atoms with Crippen molar-refractivity contribution in [3.63, 3.8) is 0 Å². The maximum Gasteiger partial charge on any atom is 0.225 e. The SMILES string of the molecule is CCN(Cc1ccc(Cl)s1)C(=O)C1CC1. The lowest BCUT2D eigenvalue weighted by Crippen LogP contribution is -2.31. The molecular weight excluding hydrogens is 230 g/mol. The molecule has 0 saturated heterocycles. The minimum Gasteiger partial charge on any atom is -0.338 e. The highest BCUT2D eigenvalue weighted by Crippen LogP contribution is 2.32. The van der Waals surface area contributed by atoms with E-state index in [0.717, 1.165) is 28.6 Å². The van der Waals surface area contributed by atoms with Gasteiger partial charge in [0.05, 0.1) is 10.9 Å². The molecule has 0 atom stereocenters. The Morgan fingerprint density at radius 3 is 2.80 bits per heavy atom. The molecule has 0 bridgehead atoms.